The van der Waals surface area contributed by atoms with E-state index in [0.717, 1.165) is 25.7 Å². The summed E-state index contributed by atoms with van der Waals surface area (Å²) in [5.41, 5.74) is -0.804. The van der Waals surface area contributed by atoms with Gasteiger partial charge in [-0.1, -0.05) is 20.3 Å². The lowest BCUT2D eigenvalue weighted by molar-refractivity contribution is -0.206. The number of methoxy groups -OCH3 is 1. The highest BCUT2D eigenvalue weighted by molar-refractivity contribution is 5.83. The van der Waals surface area contributed by atoms with Crippen LogP contribution in [0.2, 0.25) is 0 Å². The van der Waals surface area contributed by atoms with Crippen molar-refractivity contribution in [2.24, 2.45) is 11.3 Å². The van der Waals surface area contributed by atoms with Crippen LogP contribution in [0, 0.1) is 11.3 Å². The molecule has 0 aromatic carbocycles. The predicted octanol–water partition coefficient (Wildman–Crippen LogP) is 1.80. The summed E-state index contributed by atoms with van der Waals surface area (Å²) in [6, 6.07) is 0. The van der Waals surface area contributed by atoms with Crippen LogP contribution in [0.25, 0.3) is 0 Å². The van der Waals surface area contributed by atoms with Crippen molar-refractivity contribution in [3.8, 4) is 0 Å². The van der Waals surface area contributed by atoms with Gasteiger partial charge in [0, 0.05) is 6.08 Å². The molecule has 4 nitrogen and oxygen atoms in total. The predicted molar refractivity (Wildman–Crippen MR) is 71.4 cm³/mol. The molecule has 2 aliphatic rings. The van der Waals surface area contributed by atoms with Crippen LogP contribution in [0.3, 0.4) is 0 Å². The number of rotatable bonds is 1. The fraction of sp³-hybridized carbons (Fsp3) is 0.800. The van der Waals surface area contributed by atoms with Crippen molar-refractivity contribution in [3.63, 3.8) is 0 Å². The van der Waals surface area contributed by atoms with Crippen LogP contribution in [-0.4, -0.2) is 35.0 Å². The van der Waals surface area contributed by atoms with Gasteiger partial charge in [-0.05, 0) is 42.6 Å². The number of aliphatic hydroxyl groups is 2. The molecule has 2 aliphatic carbocycles. The zero-order valence-corrected chi connectivity index (χ0v) is 12.0. The quantitative estimate of drug-likeness (QED) is 0.562. The summed E-state index contributed by atoms with van der Waals surface area (Å²) in [5, 5.41) is 21.7. The minimum absolute atomic E-state index is 0.0302. The molecule has 0 bridgehead atoms. The van der Waals surface area contributed by atoms with Crippen LogP contribution in [0.5, 0.6) is 0 Å². The summed E-state index contributed by atoms with van der Waals surface area (Å²) in [7, 11) is 1.32. The lowest BCUT2D eigenvalue weighted by Gasteiger charge is -2.57. The molecule has 2 rings (SSSR count). The first kappa shape index (κ1) is 14.5. The monoisotopic (exact) mass is 268 g/mol. The van der Waals surface area contributed by atoms with Crippen molar-refractivity contribution in [3.05, 3.63) is 11.6 Å². The molecule has 0 saturated heterocycles. The van der Waals surface area contributed by atoms with Gasteiger partial charge >= 0.3 is 5.97 Å². The van der Waals surface area contributed by atoms with Crippen molar-refractivity contribution in [1.29, 1.82) is 0 Å². The Kier molecular flexibility index (Phi) is 3.76. The van der Waals surface area contributed by atoms with Crippen molar-refractivity contribution in [2.75, 3.05) is 7.11 Å². The van der Waals surface area contributed by atoms with Gasteiger partial charge in [0.15, 0.2) is 0 Å². The van der Waals surface area contributed by atoms with Crippen molar-refractivity contribution < 1.29 is 19.7 Å². The molecule has 4 atom stereocenters. The molecule has 2 fully saturated rings. The number of aliphatic hydroxyl groups excluding tert-OH is 1. The fourth-order valence-electron chi connectivity index (χ4n) is 3.94. The molecule has 0 aromatic rings. The highest BCUT2D eigenvalue weighted by Crippen LogP contribution is 2.56. The molecule has 0 heterocycles. The number of hydrogen-bond acceptors (Lipinski definition) is 4. The second-order valence-corrected chi connectivity index (χ2v) is 6.32. The van der Waals surface area contributed by atoms with E-state index >= 15 is 0 Å². The van der Waals surface area contributed by atoms with E-state index in [1.807, 2.05) is 6.92 Å². The molecule has 4 heteroatoms. The maximum atomic E-state index is 11.4. The first-order valence-electron chi connectivity index (χ1n) is 7.04. The van der Waals surface area contributed by atoms with E-state index in [1.54, 1.807) is 0 Å². The summed E-state index contributed by atoms with van der Waals surface area (Å²) >= 11 is 0. The largest absolute Gasteiger partial charge is 0.466 e. The molecule has 0 spiro atoms. The van der Waals surface area contributed by atoms with Crippen molar-refractivity contribution in [1.82, 2.24) is 0 Å². The van der Waals surface area contributed by atoms with E-state index in [1.165, 1.54) is 13.2 Å². The topological polar surface area (TPSA) is 66.8 Å². The van der Waals surface area contributed by atoms with Crippen LogP contribution in [0.1, 0.15) is 46.0 Å². The first-order chi connectivity index (χ1) is 8.85. The molecule has 0 unspecified atom stereocenters. The van der Waals surface area contributed by atoms with Crippen LogP contribution in [0.4, 0.5) is 0 Å². The Balaban J connectivity index is 2.36. The Morgan fingerprint density at radius 3 is 2.79 bits per heavy atom. The van der Waals surface area contributed by atoms with Crippen LogP contribution < -0.4 is 0 Å². The molecule has 108 valence electrons. The molecule has 2 N–H and O–H groups in total. The smallest absolute Gasteiger partial charge is 0.330 e. The Morgan fingerprint density at radius 2 is 2.16 bits per heavy atom. The van der Waals surface area contributed by atoms with Gasteiger partial charge in [0.1, 0.15) is 11.7 Å². The molecule has 0 aromatic heterocycles. The van der Waals surface area contributed by atoms with Gasteiger partial charge in [0.25, 0.3) is 0 Å². The maximum absolute atomic E-state index is 11.4. The van der Waals surface area contributed by atoms with Gasteiger partial charge in [0.2, 0.25) is 0 Å². The average molecular weight is 268 g/mol. The Bertz CT molecular complexity index is 403. The molecule has 0 radical (unpaired) electrons. The van der Waals surface area contributed by atoms with E-state index in [9.17, 15) is 15.0 Å². The Labute approximate surface area is 114 Å². The summed E-state index contributed by atoms with van der Waals surface area (Å²) < 4.78 is 4.61. The Hall–Kier alpha value is -0.870. The number of carbonyl (C=O) groups excluding carboxylic acids is 1. The van der Waals surface area contributed by atoms with Crippen LogP contribution in [0.15, 0.2) is 11.6 Å². The zero-order valence-electron chi connectivity index (χ0n) is 12.0. The second kappa shape index (κ2) is 4.91. The summed E-state index contributed by atoms with van der Waals surface area (Å²) in [6.07, 6.45) is 4.73. The summed E-state index contributed by atoms with van der Waals surface area (Å²) in [6.45, 7) is 4.04. The molecule has 2 saturated carbocycles. The third-order valence-electron chi connectivity index (χ3n) is 5.32. The van der Waals surface area contributed by atoms with E-state index in [2.05, 4.69) is 11.7 Å². The second-order valence-electron chi connectivity index (χ2n) is 6.32. The van der Waals surface area contributed by atoms with Gasteiger partial charge in [-0.15, -0.1) is 0 Å². The summed E-state index contributed by atoms with van der Waals surface area (Å²) in [5.74, 6) is -0.438. The van der Waals surface area contributed by atoms with Crippen LogP contribution >= 0.6 is 0 Å². The van der Waals surface area contributed by atoms with Crippen molar-refractivity contribution in [2.45, 2.75) is 57.7 Å². The number of ether oxygens (including phenoxy) is 1. The third-order valence-corrected chi connectivity index (χ3v) is 5.32. The number of fused-ring (bicyclic) bond motifs is 1. The van der Waals surface area contributed by atoms with E-state index < -0.39 is 17.7 Å². The molecular formula is C15H24O4. The number of esters is 1. The van der Waals surface area contributed by atoms with Crippen LogP contribution in [-0.2, 0) is 9.53 Å². The van der Waals surface area contributed by atoms with E-state index in [4.69, 9.17) is 0 Å². The zero-order chi connectivity index (χ0) is 14.3. The lowest BCUT2D eigenvalue weighted by atomic mass is 9.52. The standard InChI is InChI=1S/C15H24O4/c1-10-5-4-7-14(2)8-6-11(9-12(16)19-3)13(17)15(10,14)18/h9-10,13,17-18H,4-8H2,1-3H3/b11-9+/t10-,13-,14-,15+/m1/s1. The fourth-order valence-corrected chi connectivity index (χ4v) is 3.94. The highest BCUT2D eigenvalue weighted by Gasteiger charge is 2.59. The average Bonchev–Trinajstić information content (AvgIpc) is 2.38. The SMILES string of the molecule is COC(=O)/C=C1\CC[C@@]2(C)CCC[C@@H](C)[C@]2(O)[C@@H]1O. The molecule has 0 amide bonds. The molecular weight excluding hydrogens is 244 g/mol. The van der Waals surface area contributed by atoms with Gasteiger partial charge in [0.05, 0.1) is 7.11 Å². The summed E-state index contributed by atoms with van der Waals surface area (Å²) in [4.78, 5) is 11.4. The first-order valence-corrected chi connectivity index (χ1v) is 7.04. The lowest BCUT2D eigenvalue weighted by Crippen LogP contribution is -2.63. The third kappa shape index (κ3) is 2.11. The number of hydrogen-bond donors (Lipinski definition) is 2. The minimum Gasteiger partial charge on any atom is -0.466 e. The van der Waals surface area contributed by atoms with Gasteiger partial charge in [-0.3, -0.25) is 0 Å². The highest BCUT2D eigenvalue weighted by atomic mass is 16.5. The number of carbonyl (C=O) groups is 1. The normalized spacial score (nSPS) is 44.8. The Morgan fingerprint density at radius 1 is 1.47 bits per heavy atom. The van der Waals surface area contributed by atoms with Gasteiger partial charge in [-0.25, -0.2) is 4.79 Å². The molecule has 0 aliphatic heterocycles. The molecule has 19 heavy (non-hydrogen) atoms. The minimum atomic E-state index is -1.14. The van der Waals surface area contributed by atoms with Gasteiger partial charge in [-0.2, -0.15) is 0 Å². The van der Waals surface area contributed by atoms with E-state index in [-0.39, 0.29) is 11.3 Å². The van der Waals surface area contributed by atoms with Gasteiger partial charge < -0.3 is 14.9 Å². The van der Waals surface area contributed by atoms with Crippen molar-refractivity contribution >= 4 is 5.97 Å². The van der Waals surface area contributed by atoms with E-state index in [0.29, 0.717) is 12.0 Å². The maximum Gasteiger partial charge on any atom is 0.330 e.